The molecule has 36 heavy (non-hydrogen) atoms. The molecule has 1 aliphatic heterocycles. The Morgan fingerprint density at radius 1 is 1.36 bits per heavy atom. The summed E-state index contributed by atoms with van der Waals surface area (Å²) in [4.78, 5) is 44.2. The van der Waals surface area contributed by atoms with Gasteiger partial charge in [-0.05, 0) is 57.2 Å². The largest absolute Gasteiger partial charge is 0.481 e. The summed E-state index contributed by atoms with van der Waals surface area (Å²) < 4.78 is 6.90. The predicted octanol–water partition coefficient (Wildman–Crippen LogP) is 3.30. The molecule has 1 aromatic heterocycles. The number of rotatable bonds is 11. The fourth-order valence-electron chi connectivity index (χ4n) is 4.15. The van der Waals surface area contributed by atoms with Crippen molar-refractivity contribution >= 4 is 18.1 Å². The molecule has 1 saturated heterocycles. The molecule has 0 saturated carbocycles. The van der Waals surface area contributed by atoms with E-state index in [4.69, 9.17) is 4.74 Å². The van der Waals surface area contributed by atoms with E-state index in [1.54, 1.807) is 12.3 Å². The lowest BCUT2D eigenvalue weighted by Gasteiger charge is -2.36. The highest BCUT2D eigenvalue weighted by atomic mass is 16.5. The van der Waals surface area contributed by atoms with Crippen molar-refractivity contribution in [1.82, 2.24) is 14.8 Å². The van der Waals surface area contributed by atoms with Crippen molar-refractivity contribution in [3.63, 3.8) is 0 Å². The molecule has 0 radical (unpaired) electrons. The van der Waals surface area contributed by atoms with E-state index >= 15 is 0 Å². The Balaban J connectivity index is 2.25. The number of ether oxygens (including phenoxy) is 1. The van der Waals surface area contributed by atoms with Gasteiger partial charge in [0.25, 0.3) is 5.56 Å². The van der Waals surface area contributed by atoms with Crippen molar-refractivity contribution in [3.8, 4) is 0 Å². The van der Waals surface area contributed by atoms with E-state index in [0.717, 1.165) is 23.5 Å². The first-order valence-electron chi connectivity index (χ1n) is 12.4. The molecule has 0 bridgehead atoms. The minimum absolute atomic E-state index is 0.134. The van der Waals surface area contributed by atoms with Crippen LogP contribution in [0.1, 0.15) is 59.1 Å². The Morgan fingerprint density at radius 3 is 2.64 bits per heavy atom. The number of morpholine rings is 1. The lowest BCUT2D eigenvalue weighted by atomic mass is 10.0. The second kappa shape index (κ2) is 13.2. The molecule has 2 heterocycles. The number of nitrogens with zero attached hydrogens (tertiary/aromatic N) is 3. The summed E-state index contributed by atoms with van der Waals surface area (Å²) in [6.07, 6.45) is 3.19. The number of nitrogens with one attached hydrogen (secondary N) is 1. The van der Waals surface area contributed by atoms with Crippen molar-refractivity contribution in [1.29, 1.82) is 0 Å². The molecule has 198 valence electrons. The van der Waals surface area contributed by atoms with E-state index in [1.807, 2.05) is 34.6 Å². The van der Waals surface area contributed by atoms with Crippen LogP contribution in [0.4, 0.5) is 0 Å². The van der Waals surface area contributed by atoms with E-state index in [1.165, 1.54) is 16.8 Å². The molecule has 1 aromatic rings. The molecular weight excluding hydrogens is 460 g/mol. The average molecular weight is 501 g/mol. The lowest BCUT2D eigenvalue weighted by molar-refractivity contribution is -0.137. The number of carboxylic acid groups (broad SMARTS) is 1. The summed E-state index contributed by atoms with van der Waals surface area (Å²) >= 11 is 0. The second-order valence-corrected chi connectivity index (χ2v) is 9.88. The van der Waals surface area contributed by atoms with Crippen molar-refractivity contribution in [2.24, 2.45) is 10.9 Å². The molecule has 0 spiro atoms. The van der Waals surface area contributed by atoms with Gasteiger partial charge < -0.3 is 24.6 Å². The van der Waals surface area contributed by atoms with Crippen molar-refractivity contribution in [2.75, 3.05) is 19.8 Å². The third-order valence-electron chi connectivity index (χ3n) is 6.33. The van der Waals surface area contributed by atoms with Crippen molar-refractivity contribution in [2.45, 2.75) is 72.5 Å². The predicted molar refractivity (Wildman–Crippen MR) is 141 cm³/mol. The molecule has 1 unspecified atom stereocenters. The molecule has 0 aromatic carbocycles. The van der Waals surface area contributed by atoms with Crippen LogP contribution in [0.2, 0.25) is 0 Å². The summed E-state index contributed by atoms with van der Waals surface area (Å²) in [6.45, 7) is 17.8. The van der Waals surface area contributed by atoms with Gasteiger partial charge in [0, 0.05) is 36.8 Å². The highest BCUT2D eigenvalue weighted by molar-refractivity contribution is 5.86. The van der Waals surface area contributed by atoms with Crippen LogP contribution in [-0.2, 0) is 14.3 Å². The number of aliphatic imine (C=N–C) groups is 1. The molecule has 1 aliphatic rings. The van der Waals surface area contributed by atoms with E-state index in [2.05, 4.69) is 28.7 Å². The number of aliphatic carboxylic acids is 1. The smallest absolute Gasteiger partial charge is 0.305 e. The number of hydrogen-bond acceptors (Lipinski definition) is 6. The first-order valence-corrected chi connectivity index (χ1v) is 12.4. The van der Waals surface area contributed by atoms with Crippen LogP contribution in [0.5, 0.6) is 0 Å². The summed E-state index contributed by atoms with van der Waals surface area (Å²) in [5.41, 5.74) is 2.67. The number of hydrogen-bond donors (Lipinski definition) is 2. The first kappa shape index (κ1) is 29.0. The Hall–Kier alpha value is -3.20. The van der Waals surface area contributed by atoms with Crippen LogP contribution in [-0.4, -0.2) is 64.5 Å². The van der Waals surface area contributed by atoms with Gasteiger partial charge in [-0.15, -0.1) is 0 Å². The molecule has 2 rings (SSSR count). The number of allylic oxidation sites excluding steroid dienone is 2. The van der Waals surface area contributed by atoms with Gasteiger partial charge in [0.15, 0.2) is 0 Å². The normalized spacial score (nSPS) is 18.6. The van der Waals surface area contributed by atoms with E-state index in [9.17, 15) is 19.5 Å². The highest BCUT2D eigenvalue weighted by Crippen LogP contribution is 2.19. The minimum Gasteiger partial charge on any atom is -0.481 e. The van der Waals surface area contributed by atoms with Crippen LogP contribution < -0.4 is 10.9 Å². The number of carboxylic acids is 1. The minimum atomic E-state index is -1.08. The monoisotopic (exact) mass is 500 g/mol. The van der Waals surface area contributed by atoms with E-state index in [0.29, 0.717) is 25.2 Å². The second-order valence-electron chi connectivity index (χ2n) is 9.88. The SMILES string of the molecule is C=C(/C=N\C(C)=C(/C)N1CCOC[C@@H]1C)[C@@H](CC(=O)O)NC(=O)C(CC(C)C)n1ccc(C)cc1=O. The fourth-order valence-corrected chi connectivity index (χ4v) is 4.15. The molecule has 9 nitrogen and oxygen atoms in total. The van der Waals surface area contributed by atoms with Crippen LogP contribution in [0.15, 0.2) is 51.7 Å². The molecule has 1 fully saturated rings. The maximum atomic E-state index is 13.3. The average Bonchev–Trinajstić information content (AvgIpc) is 2.80. The van der Waals surface area contributed by atoms with Gasteiger partial charge in [0.1, 0.15) is 6.04 Å². The van der Waals surface area contributed by atoms with E-state index in [-0.39, 0.29) is 23.9 Å². The summed E-state index contributed by atoms with van der Waals surface area (Å²) in [5.74, 6) is -1.37. The van der Waals surface area contributed by atoms with Gasteiger partial charge in [0.2, 0.25) is 5.91 Å². The van der Waals surface area contributed by atoms with Crippen molar-refractivity contribution in [3.05, 3.63) is 57.8 Å². The Labute approximate surface area is 213 Å². The maximum absolute atomic E-state index is 13.3. The van der Waals surface area contributed by atoms with Gasteiger partial charge >= 0.3 is 5.97 Å². The van der Waals surface area contributed by atoms with Crippen LogP contribution in [0.3, 0.4) is 0 Å². The Kier molecular flexibility index (Phi) is 10.6. The standard InChI is InChI=1S/C27H40N4O5/c1-17(2)12-24(31-9-8-18(3)13-25(31)32)27(35)29-23(14-26(33)34)19(4)15-28-21(6)22(7)30-10-11-36-16-20(30)5/h8-9,13,15,17,20,23-24H,4,10-12,14,16H2,1-3,5-7H3,(H,29,35)(H,33,34)/b22-21+,28-15-/t20-,23+,24?/m0/s1. The topological polar surface area (TPSA) is 113 Å². The molecule has 1 amide bonds. The molecule has 9 heteroatoms. The quantitative estimate of drug-likeness (QED) is 0.451. The molecule has 2 N–H and O–H groups in total. The van der Waals surface area contributed by atoms with Gasteiger partial charge in [-0.3, -0.25) is 19.4 Å². The summed E-state index contributed by atoms with van der Waals surface area (Å²) in [6, 6.07) is 1.84. The fraction of sp³-hybridized carbons (Fsp3) is 0.556. The third kappa shape index (κ3) is 8.19. The van der Waals surface area contributed by atoms with Crippen molar-refractivity contribution < 1.29 is 19.4 Å². The number of aryl methyl sites for hydroxylation is 1. The van der Waals surface area contributed by atoms with Crippen LogP contribution >= 0.6 is 0 Å². The number of pyridine rings is 1. The number of carbonyl (C=O) groups is 2. The zero-order valence-corrected chi connectivity index (χ0v) is 22.3. The molecule has 0 aliphatic carbocycles. The number of amides is 1. The first-order chi connectivity index (χ1) is 16.9. The maximum Gasteiger partial charge on any atom is 0.305 e. The highest BCUT2D eigenvalue weighted by Gasteiger charge is 2.27. The van der Waals surface area contributed by atoms with Gasteiger partial charge in [-0.1, -0.05) is 20.4 Å². The van der Waals surface area contributed by atoms with Gasteiger partial charge in [-0.25, -0.2) is 0 Å². The van der Waals surface area contributed by atoms with E-state index < -0.39 is 24.0 Å². The summed E-state index contributed by atoms with van der Waals surface area (Å²) in [5, 5.41) is 12.3. The third-order valence-corrected chi connectivity index (χ3v) is 6.33. The zero-order valence-electron chi connectivity index (χ0n) is 22.3. The number of carbonyl (C=O) groups excluding carboxylic acids is 1. The number of aromatic nitrogens is 1. The van der Waals surface area contributed by atoms with Gasteiger partial charge in [-0.2, -0.15) is 0 Å². The summed E-state index contributed by atoms with van der Waals surface area (Å²) in [7, 11) is 0. The lowest BCUT2D eigenvalue weighted by Crippen LogP contribution is -2.44. The Bertz CT molecular complexity index is 1070. The molecule has 3 atom stereocenters. The zero-order chi connectivity index (χ0) is 27.0. The molecular formula is C27H40N4O5. The van der Waals surface area contributed by atoms with Gasteiger partial charge in [0.05, 0.1) is 31.4 Å². The van der Waals surface area contributed by atoms with Crippen LogP contribution in [0, 0.1) is 12.8 Å². The Morgan fingerprint density at radius 2 is 2.06 bits per heavy atom. The van der Waals surface area contributed by atoms with Crippen LogP contribution in [0.25, 0.3) is 0 Å².